The number of nitrogens with zero attached hydrogens (tertiary/aromatic N) is 3. The van der Waals surface area contributed by atoms with Gasteiger partial charge in [-0.2, -0.15) is 0 Å². The second kappa shape index (κ2) is 11.8. The van der Waals surface area contributed by atoms with Gasteiger partial charge in [-0.25, -0.2) is 4.79 Å². The lowest BCUT2D eigenvalue weighted by atomic mass is 9.92. The summed E-state index contributed by atoms with van der Waals surface area (Å²) in [6.45, 7) is 1.93. The summed E-state index contributed by atoms with van der Waals surface area (Å²) >= 11 is 0. The maximum absolute atomic E-state index is 12.3. The number of ether oxygens (including phenoxy) is 2. The maximum Gasteiger partial charge on any atom is 0.410 e. The third-order valence-corrected chi connectivity index (χ3v) is 5.44. The largest absolute Gasteiger partial charge is 0.445 e. The number of carbonyl (C=O) groups excluding carboxylic acids is 2. The summed E-state index contributed by atoms with van der Waals surface area (Å²) in [4.78, 5) is 29.9. The van der Waals surface area contributed by atoms with Crippen LogP contribution in [0.5, 0.6) is 0 Å². The van der Waals surface area contributed by atoms with Crippen LogP contribution in [0, 0.1) is 0 Å². The maximum atomic E-state index is 12.3. The molecule has 162 valence electrons. The SMILES string of the molecule is CN(C)CCN(C)C(=O)CO[C@H]1CC[C@H](N(C)C(=O)OCc2ccccc2)CC1. The number of amides is 2. The Balaban J connectivity index is 1.66. The molecule has 0 N–H and O–H groups in total. The topological polar surface area (TPSA) is 62.3 Å². The van der Waals surface area contributed by atoms with Gasteiger partial charge < -0.3 is 24.2 Å². The number of carbonyl (C=O) groups is 2. The first kappa shape index (κ1) is 23.2. The zero-order valence-corrected chi connectivity index (χ0v) is 18.2. The van der Waals surface area contributed by atoms with Crippen molar-refractivity contribution >= 4 is 12.0 Å². The van der Waals surface area contributed by atoms with E-state index in [1.54, 1.807) is 16.8 Å². The van der Waals surface area contributed by atoms with Gasteiger partial charge in [0.25, 0.3) is 0 Å². The van der Waals surface area contributed by atoms with Crippen LogP contribution in [-0.4, -0.2) is 86.7 Å². The quantitative estimate of drug-likeness (QED) is 0.632. The monoisotopic (exact) mass is 405 g/mol. The van der Waals surface area contributed by atoms with E-state index >= 15 is 0 Å². The van der Waals surface area contributed by atoms with Crippen LogP contribution in [0.3, 0.4) is 0 Å². The molecule has 0 heterocycles. The lowest BCUT2D eigenvalue weighted by Crippen LogP contribution is -2.41. The molecule has 0 radical (unpaired) electrons. The Morgan fingerprint density at radius 3 is 2.24 bits per heavy atom. The van der Waals surface area contributed by atoms with Gasteiger partial charge in [0.05, 0.1) is 6.10 Å². The van der Waals surface area contributed by atoms with Gasteiger partial charge in [0.15, 0.2) is 0 Å². The van der Waals surface area contributed by atoms with Crippen molar-refractivity contribution in [2.24, 2.45) is 0 Å². The van der Waals surface area contributed by atoms with E-state index < -0.39 is 0 Å². The Labute approximate surface area is 174 Å². The van der Waals surface area contributed by atoms with Crippen LogP contribution in [0.25, 0.3) is 0 Å². The van der Waals surface area contributed by atoms with Crippen molar-refractivity contribution in [3.05, 3.63) is 35.9 Å². The van der Waals surface area contributed by atoms with Crippen LogP contribution in [0.4, 0.5) is 4.79 Å². The third-order valence-electron chi connectivity index (χ3n) is 5.44. The molecule has 1 fully saturated rings. The molecule has 0 aromatic heterocycles. The fourth-order valence-electron chi connectivity index (χ4n) is 3.34. The Bertz CT molecular complexity index is 630. The standard InChI is InChI=1S/C22H35N3O4/c1-23(2)14-15-24(3)21(26)17-28-20-12-10-19(11-13-20)25(4)22(27)29-16-18-8-6-5-7-9-18/h5-9,19-20H,10-17H2,1-4H3/t19-,20-. The molecule has 1 saturated carbocycles. The number of likely N-dealkylation sites (N-methyl/N-ethyl adjacent to an activating group) is 2. The summed E-state index contributed by atoms with van der Waals surface area (Å²) in [5.74, 6) is 0.00980. The average molecular weight is 406 g/mol. The highest BCUT2D eigenvalue weighted by Crippen LogP contribution is 2.25. The first-order valence-corrected chi connectivity index (χ1v) is 10.3. The molecule has 0 bridgehead atoms. The van der Waals surface area contributed by atoms with Crippen molar-refractivity contribution in [1.82, 2.24) is 14.7 Å². The van der Waals surface area contributed by atoms with Gasteiger partial charge >= 0.3 is 6.09 Å². The van der Waals surface area contributed by atoms with E-state index in [9.17, 15) is 9.59 Å². The Kier molecular flexibility index (Phi) is 9.41. The fraction of sp³-hybridized carbons (Fsp3) is 0.636. The third kappa shape index (κ3) is 8.03. The summed E-state index contributed by atoms with van der Waals surface area (Å²) in [6, 6.07) is 9.83. The van der Waals surface area contributed by atoms with Crippen LogP contribution < -0.4 is 0 Å². The smallest absolute Gasteiger partial charge is 0.410 e. The Morgan fingerprint density at radius 1 is 0.966 bits per heavy atom. The molecule has 0 aliphatic heterocycles. The summed E-state index contributed by atoms with van der Waals surface area (Å²) in [5, 5.41) is 0. The van der Waals surface area contributed by atoms with Crippen LogP contribution in [-0.2, 0) is 20.9 Å². The van der Waals surface area contributed by atoms with Crippen LogP contribution in [0.1, 0.15) is 31.2 Å². The van der Waals surface area contributed by atoms with E-state index in [1.807, 2.05) is 56.4 Å². The van der Waals surface area contributed by atoms with Crippen molar-refractivity contribution in [2.45, 2.75) is 44.4 Å². The highest BCUT2D eigenvalue weighted by molar-refractivity contribution is 5.77. The minimum absolute atomic E-state index is 0.00980. The number of rotatable bonds is 9. The van der Waals surface area contributed by atoms with Crippen LogP contribution in [0.2, 0.25) is 0 Å². The van der Waals surface area contributed by atoms with Gasteiger partial charge in [0.2, 0.25) is 5.91 Å². The molecule has 2 rings (SSSR count). The summed E-state index contributed by atoms with van der Waals surface area (Å²) in [6.07, 6.45) is 3.17. The Morgan fingerprint density at radius 2 is 1.62 bits per heavy atom. The Hall–Kier alpha value is -2.12. The summed E-state index contributed by atoms with van der Waals surface area (Å²) in [7, 11) is 7.58. The lowest BCUT2D eigenvalue weighted by Gasteiger charge is -2.34. The molecule has 0 spiro atoms. The van der Waals surface area contributed by atoms with Crippen LogP contribution >= 0.6 is 0 Å². The van der Waals surface area contributed by atoms with Crippen molar-refractivity contribution < 1.29 is 19.1 Å². The first-order chi connectivity index (χ1) is 13.9. The summed E-state index contributed by atoms with van der Waals surface area (Å²) in [5.41, 5.74) is 0.978. The molecule has 1 aliphatic rings. The van der Waals surface area contributed by atoms with Gasteiger partial charge in [-0.05, 0) is 45.3 Å². The second-order valence-corrected chi connectivity index (χ2v) is 8.01. The van der Waals surface area contributed by atoms with Crippen molar-refractivity contribution in [1.29, 1.82) is 0 Å². The number of benzene rings is 1. The van der Waals surface area contributed by atoms with E-state index in [-0.39, 0.29) is 37.4 Å². The zero-order valence-electron chi connectivity index (χ0n) is 18.2. The van der Waals surface area contributed by atoms with Gasteiger partial charge in [-0.1, -0.05) is 30.3 Å². The van der Waals surface area contributed by atoms with Crippen molar-refractivity contribution in [2.75, 3.05) is 47.9 Å². The molecule has 7 heteroatoms. The highest BCUT2D eigenvalue weighted by atomic mass is 16.6. The number of hydrogen-bond acceptors (Lipinski definition) is 5. The predicted octanol–water partition coefficient (Wildman–Crippen LogP) is 2.60. The molecular formula is C22H35N3O4. The molecule has 2 amide bonds. The van der Waals surface area contributed by atoms with E-state index in [1.165, 1.54) is 0 Å². The van der Waals surface area contributed by atoms with Gasteiger partial charge in [-0.15, -0.1) is 0 Å². The molecular weight excluding hydrogens is 370 g/mol. The van der Waals surface area contributed by atoms with Crippen LogP contribution in [0.15, 0.2) is 30.3 Å². The fourth-order valence-corrected chi connectivity index (χ4v) is 3.34. The lowest BCUT2D eigenvalue weighted by molar-refractivity contribution is -0.137. The minimum atomic E-state index is -0.295. The predicted molar refractivity (Wildman–Crippen MR) is 113 cm³/mol. The van der Waals surface area contributed by atoms with Gasteiger partial charge in [-0.3, -0.25) is 4.79 Å². The van der Waals surface area contributed by atoms with Crippen molar-refractivity contribution in [3.63, 3.8) is 0 Å². The van der Waals surface area contributed by atoms with E-state index in [0.29, 0.717) is 6.54 Å². The molecule has 1 aromatic carbocycles. The normalized spacial score (nSPS) is 19.1. The molecule has 0 unspecified atom stereocenters. The van der Waals surface area contributed by atoms with E-state index in [4.69, 9.17) is 9.47 Å². The van der Waals surface area contributed by atoms with E-state index in [2.05, 4.69) is 0 Å². The molecule has 29 heavy (non-hydrogen) atoms. The second-order valence-electron chi connectivity index (χ2n) is 8.01. The van der Waals surface area contributed by atoms with Gasteiger partial charge in [0.1, 0.15) is 13.2 Å². The van der Waals surface area contributed by atoms with E-state index in [0.717, 1.165) is 37.8 Å². The van der Waals surface area contributed by atoms with Crippen molar-refractivity contribution in [3.8, 4) is 0 Å². The van der Waals surface area contributed by atoms with Gasteiger partial charge in [0, 0.05) is 33.2 Å². The number of hydrogen-bond donors (Lipinski definition) is 0. The molecule has 1 aromatic rings. The highest BCUT2D eigenvalue weighted by Gasteiger charge is 2.28. The molecule has 7 nitrogen and oxygen atoms in total. The molecule has 0 atom stereocenters. The first-order valence-electron chi connectivity index (χ1n) is 10.3. The molecule has 1 aliphatic carbocycles. The minimum Gasteiger partial charge on any atom is -0.445 e. The molecule has 0 saturated heterocycles. The summed E-state index contributed by atoms with van der Waals surface area (Å²) < 4.78 is 11.2. The average Bonchev–Trinajstić information content (AvgIpc) is 2.74. The zero-order chi connectivity index (χ0) is 21.2.